The minimum Gasteiger partial charge on any atom is -0.493 e. The predicted molar refractivity (Wildman–Crippen MR) is 140 cm³/mol. The van der Waals surface area contributed by atoms with E-state index in [9.17, 15) is 4.79 Å². The molecule has 0 bridgehead atoms. The third-order valence-corrected chi connectivity index (χ3v) is 4.67. The number of anilines is 1. The van der Waals surface area contributed by atoms with Gasteiger partial charge in [-0.2, -0.15) is 5.10 Å². The zero-order valence-electron chi connectivity index (χ0n) is 20.7. The van der Waals surface area contributed by atoms with Crippen LogP contribution in [0.25, 0.3) is 0 Å². The van der Waals surface area contributed by atoms with Crippen molar-refractivity contribution in [1.29, 1.82) is 5.41 Å². The lowest BCUT2D eigenvalue weighted by Gasteiger charge is -2.25. The molecule has 0 aliphatic heterocycles. The number of carbonyl (C=O) groups is 1. The number of ether oxygens (including phenoxy) is 2. The molecule has 36 heavy (non-hydrogen) atoms. The molecule has 1 atom stereocenters. The number of amides is 1. The molecular formula is C24H33FN8O3. The standard InChI is InChI=1S/C23H29FN6O3.CH4N2/c1-15-7-9-16(10-8-15)28-22(17-12-19(32-3)20(33-4)13-18(17)24)23(27-14-31)29-30(2)21(26)6-5-11-25;2-1-3/h5-14,22,28H,25-26H2,1-4H3,(H,27,29,31);1H,(H3,2,3)/b11-5-,21-6+;. The number of hydrazone groups is 1. The summed E-state index contributed by atoms with van der Waals surface area (Å²) in [5.74, 6) is 0.286. The van der Waals surface area contributed by atoms with Gasteiger partial charge in [-0.25, -0.2) is 4.39 Å². The maximum Gasteiger partial charge on any atom is 0.212 e. The lowest BCUT2D eigenvalue weighted by molar-refractivity contribution is -0.108. The van der Waals surface area contributed by atoms with E-state index >= 15 is 4.39 Å². The summed E-state index contributed by atoms with van der Waals surface area (Å²) < 4.78 is 25.7. The second-order valence-electron chi connectivity index (χ2n) is 7.09. The normalized spacial score (nSPS) is 12.1. The Morgan fingerprint density at radius 2 is 1.75 bits per heavy atom. The van der Waals surface area contributed by atoms with E-state index in [1.54, 1.807) is 7.05 Å². The fourth-order valence-corrected chi connectivity index (χ4v) is 2.91. The van der Waals surface area contributed by atoms with Crippen LogP contribution >= 0.6 is 0 Å². The van der Waals surface area contributed by atoms with E-state index < -0.39 is 11.9 Å². The summed E-state index contributed by atoms with van der Waals surface area (Å²) in [7, 11) is 4.45. The van der Waals surface area contributed by atoms with Gasteiger partial charge in [0, 0.05) is 24.4 Å². The van der Waals surface area contributed by atoms with Crippen LogP contribution in [0.1, 0.15) is 17.2 Å². The number of nitrogens with zero attached hydrogens (tertiary/aromatic N) is 2. The first kappa shape index (κ1) is 29.3. The Kier molecular flexibility index (Phi) is 12.4. The third-order valence-electron chi connectivity index (χ3n) is 4.67. The smallest absolute Gasteiger partial charge is 0.212 e. The molecule has 0 aliphatic carbocycles. The first-order chi connectivity index (χ1) is 17.3. The second-order valence-corrected chi connectivity index (χ2v) is 7.09. The minimum absolute atomic E-state index is 0.0901. The maximum atomic E-state index is 15.2. The van der Waals surface area contributed by atoms with Crippen molar-refractivity contribution in [3.05, 3.63) is 77.5 Å². The van der Waals surface area contributed by atoms with Crippen molar-refractivity contribution < 1.29 is 18.7 Å². The zero-order chi connectivity index (χ0) is 27.1. The van der Waals surface area contributed by atoms with Gasteiger partial charge >= 0.3 is 0 Å². The highest BCUT2D eigenvalue weighted by atomic mass is 19.1. The Hall–Kier alpha value is -4.74. The average molecular weight is 501 g/mol. The molecule has 2 aromatic carbocycles. The topological polar surface area (TPSA) is 177 Å². The number of allylic oxidation sites excluding steroid dienone is 2. The SMILES string of the molecule is COc1cc(F)c(C(Nc2ccc(C)cc2)/C(=N/N(C)/C(N)=C/C=C\N)NC=O)cc1OC.N=CN. The van der Waals surface area contributed by atoms with Gasteiger partial charge in [0.15, 0.2) is 17.3 Å². The first-order valence-electron chi connectivity index (χ1n) is 10.6. The quantitative estimate of drug-likeness (QED) is 0.0944. The van der Waals surface area contributed by atoms with E-state index in [0.29, 0.717) is 17.8 Å². The van der Waals surface area contributed by atoms with Gasteiger partial charge in [-0.05, 0) is 43.5 Å². The highest BCUT2D eigenvalue weighted by Gasteiger charge is 2.25. The summed E-state index contributed by atoms with van der Waals surface area (Å²) in [6.07, 6.45) is 5.58. The van der Waals surface area contributed by atoms with Gasteiger partial charge in [-0.15, -0.1) is 0 Å². The molecular weight excluding hydrogens is 467 g/mol. The van der Waals surface area contributed by atoms with Crippen molar-refractivity contribution >= 4 is 24.3 Å². The van der Waals surface area contributed by atoms with E-state index in [1.807, 2.05) is 31.2 Å². The van der Waals surface area contributed by atoms with Crippen LogP contribution in [0.4, 0.5) is 10.1 Å². The summed E-state index contributed by atoms with van der Waals surface area (Å²) in [6.45, 7) is 1.95. The molecule has 0 fully saturated rings. The van der Waals surface area contributed by atoms with Crippen LogP contribution in [-0.4, -0.2) is 44.9 Å². The van der Waals surface area contributed by atoms with Crippen LogP contribution in [0.3, 0.4) is 0 Å². The minimum atomic E-state index is -0.919. The summed E-state index contributed by atoms with van der Waals surface area (Å²) in [4.78, 5) is 11.4. The molecule has 0 saturated carbocycles. The molecule has 0 spiro atoms. The van der Waals surface area contributed by atoms with Crippen LogP contribution < -0.4 is 37.3 Å². The van der Waals surface area contributed by atoms with E-state index in [0.717, 1.165) is 11.9 Å². The van der Waals surface area contributed by atoms with Crippen molar-refractivity contribution in [2.45, 2.75) is 13.0 Å². The fraction of sp³-hybridized carbons (Fsp3) is 0.208. The summed E-state index contributed by atoms with van der Waals surface area (Å²) in [5, 5.41) is 17.3. The lowest BCUT2D eigenvalue weighted by Crippen LogP contribution is -2.36. The van der Waals surface area contributed by atoms with Crippen molar-refractivity contribution in [2.24, 2.45) is 22.3 Å². The Morgan fingerprint density at radius 3 is 2.28 bits per heavy atom. The van der Waals surface area contributed by atoms with Crippen LogP contribution in [0.2, 0.25) is 0 Å². The van der Waals surface area contributed by atoms with Crippen LogP contribution in [0, 0.1) is 18.2 Å². The molecule has 2 aromatic rings. The van der Waals surface area contributed by atoms with Crippen LogP contribution in [-0.2, 0) is 4.79 Å². The van der Waals surface area contributed by atoms with Gasteiger partial charge in [0.1, 0.15) is 17.7 Å². The van der Waals surface area contributed by atoms with Crippen molar-refractivity contribution in [3.63, 3.8) is 0 Å². The van der Waals surface area contributed by atoms with E-state index in [-0.39, 0.29) is 23.0 Å². The van der Waals surface area contributed by atoms with E-state index in [2.05, 4.69) is 21.5 Å². The van der Waals surface area contributed by atoms with Gasteiger partial charge in [-0.1, -0.05) is 17.7 Å². The molecule has 11 nitrogen and oxygen atoms in total. The van der Waals surface area contributed by atoms with Gasteiger partial charge in [0.05, 0.1) is 20.6 Å². The van der Waals surface area contributed by atoms with E-state index in [4.69, 9.17) is 26.4 Å². The molecule has 1 amide bonds. The Morgan fingerprint density at radius 1 is 1.17 bits per heavy atom. The second kappa shape index (κ2) is 15.2. The molecule has 2 rings (SSSR count). The molecule has 0 saturated heterocycles. The van der Waals surface area contributed by atoms with Gasteiger partial charge in [-0.3, -0.25) is 15.2 Å². The maximum absolute atomic E-state index is 15.2. The molecule has 0 aliphatic rings. The molecule has 194 valence electrons. The Labute approximate surface area is 209 Å². The van der Waals surface area contributed by atoms with Crippen molar-refractivity contribution in [1.82, 2.24) is 10.3 Å². The number of benzene rings is 2. The number of rotatable bonds is 10. The summed E-state index contributed by atoms with van der Waals surface area (Å²) in [6, 6.07) is 9.25. The number of methoxy groups -OCH3 is 2. The van der Waals surface area contributed by atoms with Gasteiger partial charge < -0.3 is 37.3 Å². The largest absolute Gasteiger partial charge is 0.493 e. The molecule has 12 heteroatoms. The van der Waals surface area contributed by atoms with Crippen molar-refractivity contribution in [3.8, 4) is 11.5 Å². The van der Waals surface area contributed by atoms with Gasteiger partial charge in [0.2, 0.25) is 6.41 Å². The monoisotopic (exact) mass is 500 g/mol. The number of amidine groups is 1. The first-order valence-corrected chi connectivity index (χ1v) is 10.6. The molecule has 9 N–H and O–H groups in total. The number of halogens is 1. The predicted octanol–water partition coefficient (Wildman–Crippen LogP) is 2.12. The number of hydrogen-bond acceptors (Lipinski definition) is 9. The molecule has 0 radical (unpaired) electrons. The number of aryl methyl sites for hydroxylation is 1. The molecule has 0 aromatic heterocycles. The average Bonchev–Trinajstić information content (AvgIpc) is 2.87. The fourth-order valence-electron chi connectivity index (χ4n) is 2.91. The Bertz CT molecular complexity index is 1090. The van der Waals surface area contributed by atoms with E-state index in [1.165, 1.54) is 49.7 Å². The van der Waals surface area contributed by atoms with Crippen LogP contribution in [0.5, 0.6) is 11.5 Å². The number of carbonyl (C=O) groups excluding carboxylic acids is 1. The highest BCUT2D eigenvalue weighted by Crippen LogP contribution is 2.34. The highest BCUT2D eigenvalue weighted by molar-refractivity contribution is 5.97. The molecule has 0 heterocycles. The van der Waals surface area contributed by atoms with Crippen molar-refractivity contribution in [2.75, 3.05) is 26.6 Å². The number of hydrogen-bond donors (Lipinski definition) is 6. The number of nitrogens with one attached hydrogen (secondary N) is 3. The lowest BCUT2D eigenvalue weighted by atomic mass is 10.0. The van der Waals surface area contributed by atoms with Gasteiger partial charge in [0.25, 0.3) is 0 Å². The third kappa shape index (κ3) is 8.56. The summed E-state index contributed by atoms with van der Waals surface area (Å²) >= 11 is 0. The number of nitrogens with two attached hydrogens (primary N) is 3. The Balaban J connectivity index is 0.00000205. The molecule has 1 unspecified atom stereocenters. The van der Waals surface area contributed by atoms with Crippen LogP contribution in [0.15, 0.2) is 65.7 Å². The zero-order valence-corrected chi connectivity index (χ0v) is 20.7. The summed E-state index contributed by atoms with van der Waals surface area (Å²) in [5.41, 5.74) is 17.6.